The van der Waals surface area contributed by atoms with Crippen LogP contribution in [0.25, 0.3) is 0 Å². The van der Waals surface area contributed by atoms with Gasteiger partial charge in [0.15, 0.2) is 0 Å². The third-order valence-corrected chi connectivity index (χ3v) is 5.41. The first-order valence-electron chi connectivity index (χ1n) is 10.5. The van der Waals surface area contributed by atoms with E-state index >= 15 is 0 Å². The van der Waals surface area contributed by atoms with Crippen molar-refractivity contribution >= 4 is 23.2 Å². The van der Waals surface area contributed by atoms with Gasteiger partial charge in [0, 0.05) is 18.7 Å². The Morgan fingerprint density at radius 2 is 1.75 bits per heavy atom. The lowest BCUT2D eigenvalue weighted by atomic mass is 10.1. The van der Waals surface area contributed by atoms with Crippen LogP contribution in [0.2, 0.25) is 0 Å². The fourth-order valence-electron chi connectivity index (χ4n) is 3.80. The molecule has 32 heavy (non-hydrogen) atoms. The summed E-state index contributed by atoms with van der Waals surface area (Å²) in [5.41, 5.74) is 7.66. The number of nitrogens with zero attached hydrogens (tertiary/aromatic N) is 1. The fraction of sp³-hybridized carbons (Fsp3) is 0.200. The van der Waals surface area contributed by atoms with Gasteiger partial charge in [-0.05, 0) is 54.8 Å². The van der Waals surface area contributed by atoms with Crippen LogP contribution < -0.4 is 20.7 Å². The van der Waals surface area contributed by atoms with Gasteiger partial charge in [-0.25, -0.2) is 4.39 Å². The second kappa shape index (κ2) is 9.51. The summed E-state index contributed by atoms with van der Waals surface area (Å²) in [7, 11) is 0. The molecule has 3 aromatic rings. The minimum absolute atomic E-state index is 0.143. The van der Waals surface area contributed by atoms with Crippen molar-refractivity contribution < 1.29 is 18.7 Å². The molecule has 0 unspecified atom stereocenters. The van der Waals surface area contributed by atoms with Crippen LogP contribution in [0.4, 0.5) is 15.8 Å². The molecule has 1 saturated heterocycles. The van der Waals surface area contributed by atoms with Crippen molar-refractivity contribution in [1.29, 1.82) is 0 Å². The molecule has 2 amide bonds. The molecule has 7 heteroatoms. The third-order valence-electron chi connectivity index (χ3n) is 5.41. The minimum Gasteiger partial charge on any atom is -0.488 e. The first kappa shape index (κ1) is 21.4. The molecule has 0 saturated carbocycles. The molecule has 4 rings (SSSR count). The number of halogens is 1. The van der Waals surface area contributed by atoms with E-state index < -0.39 is 17.6 Å². The lowest BCUT2D eigenvalue weighted by Crippen LogP contribution is -2.22. The molecule has 1 fully saturated rings. The van der Waals surface area contributed by atoms with Crippen molar-refractivity contribution in [3.63, 3.8) is 0 Å². The topological polar surface area (TPSA) is 84.7 Å². The first-order chi connectivity index (χ1) is 15.5. The highest BCUT2D eigenvalue weighted by Gasteiger charge is 2.20. The number of rotatable bonds is 7. The predicted octanol–water partition coefficient (Wildman–Crippen LogP) is 4.36. The Balaban J connectivity index is 1.50. The standard InChI is InChI=1S/C25H24FN3O3/c26-20-10-6-11-21(29-13-3-4-14-29)23(20)28-25(31)18-8-5-7-17(15-18)16-32-22-12-2-1-9-19(22)24(27)30/h1-2,5-12,15H,3-4,13-14,16H2,(H2,27,30)(H,28,31). The lowest BCUT2D eigenvalue weighted by molar-refractivity contribution is 0.0994. The molecular formula is C25H24FN3O3. The number of carbonyl (C=O) groups is 2. The third kappa shape index (κ3) is 4.72. The Morgan fingerprint density at radius 1 is 1.00 bits per heavy atom. The van der Waals surface area contributed by atoms with Gasteiger partial charge < -0.3 is 20.7 Å². The van der Waals surface area contributed by atoms with Gasteiger partial charge in [-0.3, -0.25) is 9.59 Å². The largest absolute Gasteiger partial charge is 0.488 e. The Labute approximate surface area is 185 Å². The molecule has 0 spiro atoms. The fourth-order valence-corrected chi connectivity index (χ4v) is 3.80. The Kier molecular flexibility index (Phi) is 6.35. The van der Waals surface area contributed by atoms with Crippen LogP contribution in [0.1, 0.15) is 39.1 Å². The van der Waals surface area contributed by atoms with Crippen molar-refractivity contribution in [3.8, 4) is 5.75 Å². The number of para-hydroxylation sites is 2. The summed E-state index contributed by atoms with van der Waals surface area (Å²) >= 11 is 0. The quantitative estimate of drug-likeness (QED) is 0.580. The molecular weight excluding hydrogens is 409 g/mol. The van der Waals surface area contributed by atoms with Crippen LogP contribution >= 0.6 is 0 Å². The Morgan fingerprint density at radius 3 is 2.53 bits per heavy atom. The highest BCUT2D eigenvalue weighted by Crippen LogP contribution is 2.31. The normalized spacial score (nSPS) is 13.1. The van der Waals surface area contributed by atoms with Gasteiger partial charge in [0.1, 0.15) is 23.9 Å². The first-order valence-corrected chi connectivity index (χ1v) is 10.5. The molecule has 0 aromatic heterocycles. The van der Waals surface area contributed by atoms with E-state index in [0.29, 0.717) is 17.0 Å². The van der Waals surface area contributed by atoms with Crippen molar-refractivity contribution in [2.24, 2.45) is 5.73 Å². The molecule has 164 valence electrons. The van der Waals surface area contributed by atoms with E-state index in [4.69, 9.17) is 10.5 Å². The van der Waals surface area contributed by atoms with Crippen LogP contribution in [0.3, 0.4) is 0 Å². The molecule has 1 heterocycles. The van der Waals surface area contributed by atoms with Crippen LogP contribution in [0.5, 0.6) is 5.75 Å². The van der Waals surface area contributed by atoms with Crippen molar-refractivity contribution in [1.82, 2.24) is 0 Å². The Hall–Kier alpha value is -3.87. The van der Waals surface area contributed by atoms with E-state index in [9.17, 15) is 14.0 Å². The minimum atomic E-state index is -0.576. The van der Waals surface area contributed by atoms with E-state index in [2.05, 4.69) is 10.2 Å². The van der Waals surface area contributed by atoms with Gasteiger partial charge in [0.25, 0.3) is 11.8 Å². The van der Waals surface area contributed by atoms with Gasteiger partial charge in [0.2, 0.25) is 0 Å². The summed E-state index contributed by atoms with van der Waals surface area (Å²) in [5.74, 6) is -1.08. The number of ether oxygens (including phenoxy) is 1. The molecule has 0 aliphatic carbocycles. The Bertz CT molecular complexity index is 1140. The number of carbonyl (C=O) groups excluding carboxylic acids is 2. The van der Waals surface area contributed by atoms with Gasteiger partial charge in [-0.1, -0.05) is 30.3 Å². The summed E-state index contributed by atoms with van der Waals surface area (Å²) in [6, 6.07) is 18.4. The van der Waals surface area contributed by atoms with Gasteiger partial charge in [-0.2, -0.15) is 0 Å². The SMILES string of the molecule is NC(=O)c1ccccc1OCc1cccc(C(=O)Nc2c(F)cccc2N2CCCC2)c1. The number of amides is 2. The molecule has 1 aliphatic rings. The maximum atomic E-state index is 14.6. The summed E-state index contributed by atoms with van der Waals surface area (Å²) in [4.78, 5) is 26.5. The van der Waals surface area contributed by atoms with E-state index in [1.54, 1.807) is 48.5 Å². The molecule has 3 aromatic carbocycles. The zero-order chi connectivity index (χ0) is 22.5. The monoisotopic (exact) mass is 433 g/mol. The van der Waals surface area contributed by atoms with E-state index in [1.807, 2.05) is 12.1 Å². The number of anilines is 2. The lowest BCUT2D eigenvalue weighted by Gasteiger charge is -2.22. The average molecular weight is 433 g/mol. The van der Waals surface area contributed by atoms with Crippen LogP contribution in [0, 0.1) is 5.82 Å². The zero-order valence-corrected chi connectivity index (χ0v) is 17.5. The van der Waals surface area contributed by atoms with Crippen molar-refractivity contribution in [2.45, 2.75) is 19.4 Å². The highest BCUT2D eigenvalue weighted by atomic mass is 19.1. The number of hydrogen-bond donors (Lipinski definition) is 2. The average Bonchev–Trinajstić information content (AvgIpc) is 3.34. The highest BCUT2D eigenvalue weighted by molar-refractivity contribution is 6.06. The van der Waals surface area contributed by atoms with Crippen LogP contribution in [-0.2, 0) is 6.61 Å². The predicted molar refractivity (Wildman–Crippen MR) is 122 cm³/mol. The molecule has 0 bridgehead atoms. The molecule has 3 N–H and O–H groups in total. The number of nitrogens with two attached hydrogens (primary N) is 1. The summed E-state index contributed by atoms with van der Waals surface area (Å²) in [6.45, 7) is 1.82. The number of hydrogen-bond acceptors (Lipinski definition) is 4. The maximum Gasteiger partial charge on any atom is 0.255 e. The van der Waals surface area contributed by atoms with Crippen LogP contribution in [0.15, 0.2) is 66.7 Å². The zero-order valence-electron chi connectivity index (χ0n) is 17.5. The maximum absolute atomic E-state index is 14.6. The van der Waals surface area contributed by atoms with Gasteiger partial charge >= 0.3 is 0 Å². The number of nitrogens with one attached hydrogen (secondary N) is 1. The van der Waals surface area contributed by atoms with E-state index in [0.717, 1.165) is 31.5 Å². The van der Waals surface area contributed by atoms with Gasteiger partial charge in [-0.15, -0.1) is 0 Å². The smallest absolute Gasteiger partial charge is 0.255 e. The second-order valence-electron chi connectivity index (χ2n) is 7.63. The second-order valence-corrected chi connectivity index (χ2v) is 7.63. The summed E-state index contributed by atoms with van der Waals surface area (Å²) in [6.07, 6.45) is 2.09. The number of benzene rings is 3. The number of primary amides is 1. The van der Waals surface area contributed by atoms with Gasteiger partial charge in [0.05, 0.1) is 11.3 Å². The molecule has 0 radical (unpaired) electrons. The molecule has 1 aliphatic heterocycles. The summed E-state index contributed by atoms with van der Waals surface area (Å²) in [5, 5.41) is 2.74. The van der Waals surface area contributed by atoms with Crippen molar-refractivity contribution in [3.05, 3.63) is 89.2 Å². The summed E-state index contributed by atoms with van der Waals surface area (Å²) < 4.78 is 20.3. The van der Waals surface area contributed by atoms with Crippen molar-refractivity contribution in [2.75, 3.05) is 23.3 Å². The molecule has 6 nitrogen and oxygen atoms in total. The molecule has 0 atom stereocenters. The van der Waals surface area contributed by atoms with E-state index in [1.165, 1.54) is 6.07 Å². The van der Waals surface area contributed by atoms with E-state index in [-0.39, 0.29) is 17.9 Å². The van der Waals surface area contributed by atoms with Crippen LogP contribution in [-0.4, -0.2) is 24.9 Å².